The van der Waals surface area contributed by atoms with Gasteiger partial charge in [0.05, 0.1) is 36.4 Å². The largest absolute Gasteiger partial charge is 0.376 e. The summed E-state index contributed by atoms with van der Waals surface area (Å²) in [7, 11) is 0. The molecule has 6 heteroatoms. The van der Waals surface area contributed by atoms with Crippen molar-refractivity contribution in [2.45, 2.75) is 19.4 Å². The van der Waals surface area contributed by atoms with E-state index in [9.17, 15) is 0 Å². The average molecular weight is 301 g/mol. The molecule has 4 rings (SSSR count). The van der Waals surface area contributed by atoms with Gasteiger partial charge in [-0.1, -0.05) is 23.7 Å². The van der Waals surface area contributed by atoms with E-state index in [4.69, 9.17) is 16.3 Å². The Morgan fingerprint density at radius 1 is 1.19 bits per heavy atom. The van der Waals surface area contributed by atoms with Gasteiger partial charge >= 0.3 is 0 Å². The molecule has 0 radical (unpaired) electrons. The molecule has 5 nitrogen and oxygen atoms in total. The molecule has 1 N–H and O–H groups in total. The minimum absolute atomic E-state index is 0.491. The number of ether oxygens (including phenoxy) is 1. The molecule has 2 aromatic heterocycles. The molecule has 106 valence electrons. The van der Waals surface area contributed by atoms with Gasteiger partial charge in [0, 0.05) is 12.0 Å². The van der Waals surface area contributed by atoms with Crippen LogP contribution in [0.4, 0.5) is 0 Å². The molecule has 1 aliphatic heterocycles. The first kappa shape index (κ1) is 12.7. The van der Waals surface area contributed by atoms with E-state index < -0.39 is 0 Å². The third-order valence-corrected chi connectivity index (χ3v) is 3.89. The molecule has 1 aliphatic rings. The molecule has 3 aromatic rings. The zero-order valence-electron chi connectivity index (χ0n) is 11.3. The predicted molar refractivity (Wildman–Crippen MR) is 79.3 cm³/mol. The molecular formula is C15H13ClN4O. The van der Waals surface area contributed by atoms with Crippen LogP contribution in [0.5, 0.6) is 0 Å². The minimum Gasteiger partial charge on any atom is -0.376 e. The van der Waals surface area contributed by atoms with Crippen molar-refractivity contribution < 1.29 is 4.74 Å². The second kappa shape index (κ2) is 5.09. The van der Waals surface area contributed by atoms with Gasteiger partial charge in [-0.3, -0.25) is 0 Å². The summed E-state index contributed by atoms with van der Waals surface area (Å²) in [6, 6.07) is 7.94. The van der Waals surface area contributed by atoms with Crippen LogP contribution >= 0.6 is 11.6 Å². The van der Waals surface area contributed by atoms with E-state index >= 15 is 0 Å². The number of nitrogens with zero attached hydrogens (tertiary/aromatic N) is 3. The SMILES string of the molecule is Clc1nc(Cc2nc3ccccc3[nH]2)nc2c1COCC2. The lowest BCUT2D eigenvalue weighted by atomic mass is 10.1. The molecule has 21 heavy (non-hydrogen) atoms. The van der Waals surface area contributed by atoms with Gasteiger partial charge in [0.25, 0.3) is 0 Å². The first-order chi connectivity index (χ1) is 10.3. The van der Waals surface area contributed by atoms with E-state index in [2.05, 4.69) is 19.9 Å². The summed E-state index contributed by atoms with van der Waals surface area (Å²) in [6.45, 7) is 1.18. The Morgan fingerprint density at radius 3 is 3.00 bits per heavy atom. The van der Waals surface area contributed by atoms with Gasteiger partial charge in [0.1, 0.15) is 16.8 Å². The van der Waals surface area contributed by atoms with Gasteiger partial charge < -0.3 is 9.72 Å². The Morgan fingerprint density at radius 2 is 2.10 bits per heavy atom. The quantitative estimate of drug-likeness (QED) is 0.739. The summed E-state index contributed by atoms with van der Waals surface area (Å²) < 4.78 is 5.39. The number of aromatic amines is 1. The number of benzene rings is 1. The number of H-pyrrole nitrogens is 1. The molecule has 0 amide bonds. The lowest BCUT2D eigenvalue weighted by Gasteiger charge is -2.16. The van der Waals surface area contributed by atoms with Crippen LogP contribution in [0.25, 0.3) is 11.0 Å². The van der Waals surface area contributed by atoms with E-state index in [0.29, 0.717) is 30.6 Å². The fraction of sp³-hybridized carbons (Fsp3) is 0.267. The number of nitrogens with one attached hydrogen (secondary N) is 1. The number of para-hydroxylation sites is 2. The number of imidazole rings is 1. The molecule has 1 aromatic carbocycles. The summed E-state index contributed by atoms with van der Waals surface area (Å²) >= 11 is 6.23. The highest BCUT2D eigenvalue weighted by molar-refractivity contribution is 6.30. The maximum Gasteiger partial charge on any atom is 0.138 e. The summed E-state index contributed by atoms with van der Waals surface area (Å²) in [5.74, 6) is 1.54. The van der Waals surface area contributed by atoms with E-state index in [1.165, 1.54) is 0 Å². The van der Waals surface area contributed by atoms with Crippen molar-refractivity contribution in [1.29, 1.82) is 0 Å². The normalized spacial score (nSPS) is 14.3. The van der Waals surface area contributed by atoms with Crippen LogP contribution in [0.2, 0.25) is 5.15 Å². The highest BCUT2D eigenvalue weighted by atomic mass is 35.5. The van der Waals surface area contributed by atoms with Crippen molar-refractivity contribution >= 4 is 22.6 Å². The van der Waals surface area contributed by atoms with Crippen molar-refractivity contribution in [3.05, 3.63) is 52.3 Å². The third kappa shape index (κ3) is 2.39. The molecule has 0 saturated heterocycles. The Hall–Kier alpha value is -1.98. The zero-order valence-corrected chi connectivity index (χ0v) is 12.0. The summed E-state index contributed by atoms with van der Waals surface area (Å²) in [4.78, 5) is 16.8. The molecule has 0 saturated carbocycles. The molecular weight excluding hydrogens is 288 g/mol. The number of hydrogen-bond donors (Lipinski definition) is 1. The van der Waals surface area contributed by atoms with Crippen molar-refractivity contribution in [2.75, 3.05) is 6.61 Å². The van der Waals surface area contributed by atoms with Crippen LogP contribution in [0.15, 0.2) is 24.3 Å². The topological polar surface area (TPSA) is 63.7 Å². The maximum atomic E-state index is 6.23. The van der Waals surface area contributed by atoms with Crippen LogP contribution in [0.3, 0.4) is 0 Å². The molecule has 0 bridgehead atoms. The lowest BCUT2D eigenvalue weighted by molar-refractivity contribution is 0.109. The molecule has 0 unspecified atom stereocenters. The van der Waals surface area contributed by atoms with Gasteiger partial charge in [0.15, 0.2) is 0 Å². The third-order valence-electron chi connectivity index (χ3n) is 3.58. The summed E-state index contributed by atoms with van der Waals surface area (Å²) in [5, 5.41) is 0.491. The van der Waals surface area contributed by atoms with Crippen LogP contribution in [-0.4, -0.2) is 26.5 Å². The van der Waals surface area contributed by atoms with Gasteiger partial charge in [0.2, 0.25) is 0 Å². The van der Waals surface area contributed by atoms with Crippen molar-refractivity contribution in [2.24, 2.45) is 0 Å². The van der Waals surface area contributed by atoms with Crippen molar-refractivity contribution in [3.63, 3.8) is 0 Å². The van der Waals surface area contributed by atoms with Crippen LogP contribution < -0.4 is 0 Å². The predicted octanol–water partition coefficient (Wildman–Crippen LogP) is 2.67. The Labute approximate surface area is 126 Å². The first-order valence-corrected chi connectivity index (χ1v) is 7.23. The second-order valence-electron chi connectivity index (χ2n) is 5.04. The van der Waals surface area contributed by atoms with Crippen molar-refractivity contribution in [1.82, 2.24) is 19.9 Å². The van der Waals surface area contributed by atoms with E-state index in [-0.39, 0.29) is 0 Å². The highest BCUT2D eigenvalue weighted by Crippen LogP contribution is 2.22. The lowest BCUT2D eigenvalue weighted by Crippen LogP contribution is -2.15. The van der Waals surface area contributed by atoms with Crippen LogP contribution in [0.1, 0.15) is 22.9 Å². The average Bonchev–Trinajstić information content (AvgIpc) is 2.89. The zero-order chi connectivity index (χ0) is 14.2. The van der Waals surface area contributed by atoms with Gasteiger partial charge in [-0.25, -0.2) is 15.0 Å². The molecule has 0 fully saturated rings. The maximum absolute atomic E-state index is 6.23. The van der Waals surface area contributed by atoms with E-state index in [0.717, 1.165) is 34.5 Å². The number of rotatable bonds is 2. The highest BCUT2D eigenvalue weighted by Gasteiger charge is 2.17. The molecule has 0 spiro atoms. The Bertz CT molecular complexity index is 782. The summed E-state index contributed by atoms with van der Waals surface area (Å²) in [5.41, 5.74) is 3.87. The van der Waals surface area contributed by atoms with E-state index in [1.807, 2.05) is 24.3 Å². The van der Waals surface area contributed by atoms with Crippen LogP contribution in [0, 0.1) is 0 Å². The van der Waals surface area contributed by atoms with Crippen molar-refractivity contribution in [3.8, 4) is 0 Å². The number of hydrogen-bond acceptors (Lipinski definition) is 4. The van der Waals surface area contributed by atoms with Gasteiger partial charge in [-0.05, 0) is 12.1 Å². The number of halogens is 1. The smallest absolute Gasteiger partial charge is 0.138 e. The van der Waals surface area contributed by atoms with Crippen LogP contribution in [-0.2, 0) is 24.2 Å². The molecule has 0 atom stereocenters. The van der Waals surface area contributed by atoms with Gasteiger partial charge in [-0.2, -0.15) is 0 Å². The molecule has 3 heterocycles. The Balaban J connectivity index is 1.69. The first-order valence-electron chi connectivity index (χ1n) is 6.85. The Kier molecular flexibility index (Phi) is 3.09. The monoisotopic (exact) mass is 300 g/mol. The standard InChI is InChI=1S/C15H13ClN4O/c16-15-9-8-21-6-5-10(9)17-14(20-15)7-13-18-11-3-1-2-4-12(11)19-13/h1-4H,5-8H2,(H,18,19). The fourth-order valence-corrected chi connectivity index (χ4v) is 2.82. The second-order valence-corrected chi connectivity index (χ2v) is 5.39. The van der Waals surface area contributed by atoms with Gasteiger partial charge in [-0.15, -0.1) is 0 Å². The number of fused-ring (bicyclic) bond motifs is 2. The number of aromatic nitrogens is 4. The summed E-state index contributed by atoms with van der Waals surface area (Å²) in [6.07, 6.45) is 1.33. The molecule has 0 aliphatic carbocycles. The fourth-order valence-electron chi connectivity index (χ4n) is 2.56. The minimum atomic E-state index is 0.491. The van der Waals surface area contributed by atoms with E-state index in [1.54, 1.807) is 0 Å².